The first-order valence-corrected chi connectivity index (χ1v) is 4.42. The summed E-state index contributed by atoms with van der Waals surface area (Å²) < 4.78 is 4.86. The van der Waals surface area contributed by atoms with E-state index in [2.05, 4.69) is 6.58 Å². The Labute approximate surface area is 82.9 Å². The Morgan fingerprint density at radius 3 is 2.93 bits per heavy atom. The molecule has 5 heteroatoms. The Morgan fingerprint density at radius 1 is 1.64 bits per heavy atom. The van der Waals surface area contributed by atoms with Crippen LogP contribution in [0.1, 0.15) is 0 Å². The van der Waals surface area contributed by atoms with Gasteiger partial charge in [0.1, 0.15) is 0 Å². The molecule has 1 fully saturated rings. The van der Waals surface area contributed by atoms with Crippen LogP contribution in [0.15, 0.2) is 12.7 Å². The number of rotatable bonds is 4. The average molecular weight is 198 g/mol. The van der Waals surface area contributed by atoms with E-state index in [-0.39, 0.29) is 11.9 Å². The van der Waals surface area contributed by atoms with Crippen molar-refractivity contribution in [3.05, 3.63) is 12.7 Å². The predicted molar refractivity (Wildman–Crippen MR) is 50.8 cm³/mol. The van der Waals surface area contributed by atoms with E-state index in [0.717, 1.165) is 6.08 Å². The minimum absolute atomic E-state index is 0.257. The van der Waals surface area contributed by atoms with Crippen LogP contribution in [-0.4, -0.2) is 55.1 Å². The van der Waals surface area contributed by atoms with Crippen molar-refractivity contribution in [2.24, 2.45) is 0 Å². The van der Waals surface area contributed by atoms with Crippen molar-refractivity contribution in [2.45, 2.75) is 0 Å². The minimum Gasteiger partial charge on any atom is -0.383 e. The molecular formula is C9H14N2O3. The summed E-state index contributed by atoms with van der Waals surface area (Å²) in [4.78, 5) is 25.5. The van der Waals surface area contributed by atoms with E-state index in [1.165, 1.54) is 4.90 Å². The highest BCUT2D eigenvalue weighted by Gasteiger charge is 2.31. The minimum atomic E-state index is -0.338. The number of ether oxygens (including phenoxy) is 1. The van der Waals surface area contributed by atoms with Crippen LogP contribution >= 0.6 is 0 Å². The highest BCUT2D eigenvalue weighted by molar-refractivity contribution is 6.01. The third kappa shape index (κ3) is 2.11. The van der Waals surface area contributed by atoms with Crippen molar-refractivity contribution in [3.8, 4) is 0 Å². The maximum Gasteiger partial charge on any atom is 0.327 e. The molecule has 0 radical (unpaired) electrons. The van der Waals surface area contributed by atoms with E-state index in [9.17, 15) is 9.59 Å². The average Bonchev–Trinajstić information content (AvgIpc) is 2.56. The zero-order chi connectivity index (χ0) is 10.6. The van der Waals surface area contributed by atoms with Gasteiger partial charge in [0.25, 0.3) is 5.91 Å². The molecule has 0 N–H and O–H groups in total. The first-order chi connectivity index (χ1) is 6.70. The van der Waals surface area contributed by atoms with Gasteiger partial charge in [-0.1, -0.05) is 6.58 Å². The lowest BCUT2D eigenvalue weighted by atomic mass is 10.5. The van der Waals surface area contributed by atoms with E-state index < -0.39 is 0 Å². The number of carbonyl (C=O) groups is 2. The van der Waals surface area contributed by atoms with Gasteiger partial charge in [0.2, 0.25) is 0 Å². The molecule has 1 saturated heterocycles. The van der Waals surface area contributed by atoms with Gasteiger partial charge in [-0.3, -0.25) is 9.69 Å². The number of urea groups is 1. The largest absolute Gasteiger partial charge is 0.383 e. The fourth-order valence-electron chi connectivity index (χ4n) is 1.31. The van der Waals surface area contributed by atoms with Gasteiger partial charge in [0.15, 0.2) is 0 Å². The van der Waals surface area contributed by atoms with Crippen LogP contribution in [0.4, 0.5) is 4.79 Å². The Balaban J connectivity index is 2.51. The molecule has 1 aliphatic rings. The molecule has 1 heterocycles. The van der Waals surface area contributed by atoms with Crippen molar-refractivity contribution in [3.63, 3.8) is 0 Å². The van der Waals surface area contributed by atoms with E-state index >= 15 is 0 Å². The van der Waals surface area contributed by atoms with Gasteiger partial charge in [0, 0.05) is 26.7 Å². The number of methoxy groups -OCH3 is 1. The predicted octanol–water partition coefficient (Wildman–Crippen LogP) is 0.0830. The highest BCUT2D eigenvalue weighted by Crippen LogP contribution is 2.08. The van der Waals surface area contributed by atoms with Crippen molar-refractivity contribution < 1.29 is 14.3 Å². The Bertz CT molecular complexity index is 252. The van der Waals surface area contributed by atoms with Gasteiger partial charge in [0.05, 0.1) is 6.61 Å². The maximum atomic E-state index is 11.5. The summed E-state index contributed by atoms with van der Waals surface area (Å²) in [7, 11) is 1.58. The van der Waals surface area contributed by atoms with Gasteiger partial charge < -0.3 is 9.64 Å². The topological polar surface area (TPSA) is 49.9 Å². The molecule has 0 aromatic rings. The first-order valence-electron chi connectivity index (χ1n) is 4.42. The Morgan fingerprint density at radius 2 is 2.36 bits per heavy atom. The van der Waals surface area contributed by atoms with Crippen molar-refractivity contribution in [2.75, 3.05) is 33.4 Å². The number of amides is 3. The fourth-order valence-corrected chi connectivity index (χ4v) is 1.31. The lowest BCUT2D eigenvalue weighted by molar-refractivity contribution is -0.122. The van der Waals surface area contributed by atoms with Crippen LogP contribution in [0.2, 0.25) is 0 Å². The van der Waals surface area contributed by atoms with Gasteiger partial charge in [-0.2, -0.15) is 0 Å². The molecule has 0 bridgehead atoms. The number of imide groups is 1. The van der Waals surface area contributed by atoms with E-state index in [4.69, 9.17) is 4.74 Å². The maximum absolute atomic E-state index is 11.5. The van der Waals surface area contributed by atoms with Crippen LogP contribution in [0.25, 0.3) is 0 Å². The second kappa shape index (κ2) is 4.76. The number of nitrogens with zero attached hydrogens (tertiary/aromatic N) is 2. The number of hydrogen-bond donors (Lipinski definition) is 0. The van der Waals surface area contributed by atoms with Crippen LogP contribution < -0.4 is 0 Å². The molecule has 14 heavy (non-hydrogen) atoms. The van der Waals surface area contributed by atoms with Gasteiger partial charge >= 0.3 is 6.03 Å². The van der Waals surface area contributed by atoms with Crippen LogP contribution in [-0.2, 0) is 9.53 Å². The SMILES string of the molecule is C=CC(=O)N1CCN(CCOC)C1=O. The van der Waals surface area contributed by atoms with E-state index in [1.807, 2.05) is 0 Å². The zero-order valence-electron chi connectivity index (χ0n) is 8.23. The monoisotopic (exact) mass is 198 g/mol. The second-order valence-corrected chi connectivity index (χ2v) is 2.96. The molecule has 0 aliphatic carbocycles. The van der Waals surface area contributed by atoms with Crippen molar-refractivity contribution in [1.29, 1.82) is 0 Å². The molecule has 0 saturated carbocycles. The molecule has 0 aromatic carbocycles. The summed E-state index contributed by atoms with van der Waals surface area (Å²) in [6.07, 6.45) is 1.15. The summed E-state index contributed by atoms with van der Waals surface area (Å²) in [5.41, 5.74) is 0. The van der Waals surface area contributed by atoms with Crippen molar-refractivity contribution >= 4 is 11.9 Å². The molecule has 78 valence electrons. The number of hydrogen-bond acceptors (Lipinski definition) is 3. The van der Waals surface area contributed by atoms with Crippen LogP contribution in [0.3, 0.4) is 0 Å². The van der Waals surface area contributed by atoms with Gasteiger partial charge in [-0.05, 0) is 6.08 Å². The van der Waals surface area contributed by atoms with E-state index in [1.54, 1.807) is 12.0 Å². The molecule has 0 aromatic heterocycles. The van der Waals surface area contributed by atoms with Gasteiger partial charge in [-0.25, -0.2) is 4.79 Å². The standard InChI is InChI=1S/C9H14N2O3/c1-3-8(12)11-5-4-10(9(11)13)6-7-14-2/h3H,1,4-7H2,2H3. The Kier molecular flexibility index (Phi) is 3.64. The summed E-state index contributed by atoms with van der Waals surface area (Å²) in [6, 6.07) is -0.257. The van der Waals surface area contributed by atoms with Crippen LogP contribution in [0.5, 0.6) is 0 Å². The van der Waals surface area contributed by atoms with Crippen LogP contribution in [0, 0.1) is 0 Å². The van der Waals surface area contributed by atoms with Crippen molar-refractivity contribution in [1.82, 2.24) is 9.80 Å². The normalized spacial score (nSPS) is 16.2. The summed E-state index contributed by atoms with van der Waals surface area (Å²) in [5, 5.41) is 0. The highest BCUT2D eigenvalue weighted by atomic mass is 16.5. The van der Waals surface area contributed by atoms with E-state index in [0.29, 0.717) is 26.2 Å². The smallest absolute Gasteiger partial charge is 0.327 e. The molecule has 1 rings (SSSR count). The molecule has 0 spiro atoms. The fraction of sp³-hybridized carbons (Fsp3) is 0.556. The molecule has 0 unspecified atom stereocenters. The number of carbonyl (C=O) groups excluding carboxylic acids is 2. The third-order valence-electron chi connectivity index (χ3n) is 2.10. The molecule has 1 aliphatic heterocycles. The lowest BCUT2D eigenvalue weighted by Crippen LogP contribution is -2.36. The molecule has 5 nitrogen and oxygen atoms in total. The Hall–Kier alpha value is -1.36. The molecular weight excluding hydrogens is 184 g/mol. The third-order valence-corrected chi connectivity index (χ3v) is 2.10. The summed E-state index contributed by atoms with van der Waals surface area (Å²) >= 11 is 0. The first kappa shape index (κ1) is 10.7. The van der Waals surface area contributed by atoms with Gasteiger partial charge in [-0.15, -0.1) is 0 Å². The lowest BCUT2D eigenvalue weighted by Gasteiger charge is -2.15. The molecule has 3 amide bonds. The summed E-state index contributed by atoms with van der Waals surface area (Å²) in [6.45, 7) is 5.36. The second-order valence-electron chi connectivity index (χ2n) is 2.96. The summed E-state index contributed by atoms with van der Waals surface area (Å²) in [5.74, 6) is -0.338. The quantitative estimate of drug-likeness (QED) is 0.601. The molecule has 0 atom stereocenters. The zero-order valence-corrected chi connectivity index (χ0v) is 8.23.